The van der Waals surface area contributed by atoms with Gasteiger partial charge in [0.25, 0.3) is 5.69 Å². The number of rotatable bonds is 5. The molecule has 274 valence electrons. The Morgan fingerprint density at radius 2 is 0.963 bits per heavy atom. The molecule has 54 heavy (non-hydrogen) atoms. The number of hydrogen-bond acceptors (Lipinski definition) is 6. The molecule has 2 aromatic heterocycles. The van der Waals surface area contributed by atoms with Gasteiger partial charge in [0.2, 0.25) is 0 Å². The summed E-state index contributed by atoms with van der Waals surface area (Å²) in [6, 6.07) is 46.3. The summed E-state index contributed by atoms with van der Waals surface area (Å²) in [4.78, 5) is 20.1. The molecule has 0 atom stereocenters. The molecular weight excluding hydrogens is 777 g/mol. The third-order valence-corrected chi connectivity index (χ3v) is 8.27. The third-order valence-electron chi connectivity index (χ3n) is 8.27. The molecule has 0 saturated heterocycles. The van der Waals surface area contributed by atoms with Gasteiger partial charge in [0, 0.05) is 89.5 Å². The Morgan fingerprint density at radius 3 is 1.41 bits per heavy atom. The molecule has 10 heteroatoms. The number of halogens is 2. The van der Waals surface area contributed by atoms with Crippen LogP contribution in [0.5, 0.6) is 0 Å². The van der Waals surface area contributed by atoms with Gasteiger partial charge in [-0.15, -0.1) is 0 Å². The van der Waals surface area contributed by atoms with Crippen LogP contribution in [-0.4, -0.2) is 27.1 Å². The van der Waals surface area contributed by atoms with Gasteiger partial charge in [0.1, 0.15) is 11.6 Å². The van der Waals surface area contributed by atoms with E-state index in [4.69, 9.17) is 15.8 Å². The van der Waals surface area contributed by atoms with Crippen LogP contribution in [0.4, 0.5) is 20.2 Å². The number of nitro benzene ring substituents is 1. The SMILES string of the molecule is CO.Nc1ccc2nc(-c3ccccc3)c(-c3ccccc3F)cc2c1.O=[N+]([O-])c1ccc2nc(-c3ccccc3)c(-c3ccccc3F)cc2c1.[CH3-].[Pd]. The van der Waals surface area contributed by atoms with E-state index in [0.717, 1.165) is 40.4 Å². The van der Waals surface area contributed by atoms with E-state index in [2.05, 4.69) is 4.98 Å². The van der Waals surface area contributed by atoms with Crippen molar-refractivity contribution >= 4 is 33.2 Å². The number of benzene rings is 6. The number of aromatic nitrogens is 2. The second kappa shape index (κ2) is 18.5. The Bertz CT molecular complexity index is 2520. The molecular formula is C44H35F2N4O3Pd-. The van der Waals surface area contributed by atoms with Gasteiger partial charge in [-0.2, -0.15) is 0 Å². The third kappa shape index (κ3) is 8.88. The van der Waals surface area contributed by atoms with Crippen LogP contribution < -0.4 is 5.73 Å². The Morgan fingerprint density at radius 1 is 0.556 bits per heavy atom. The molecule has 0 radical (unpaired) electrons. The topological polar surface area (TPSA) is 115 Å². The zero-order valence-electron chi connectivity index (χ0n) is 29.3. The van der Waals surface area contributed by atoms with Crippen LogP contribution >= 0.6 is 0 Å². The van der Waals surface area contributed by atoms with Gasteiger partial charge in [0.15, 0.2) is 0 Å². The first-order valence-corrected chi connectivity index (χ1v) is 16.2. The molecule has 0 fully saturated rings. The van der Waals surface area contributed by atoms with Crippen LogP contribution in [0.25, 0.3) is 66.6 Å². The minimum Gasteiger partial charge on any atom is -0.400 e. The standard InChI is InChI=1S/C21H13FN2O2.C21H15FN2.CH4O.CH3.Pd/c22-19-9-5-4-8-17(19)18-13-15-12-16(24(25)26)10-11-20(15)23-21(18)14-6-2-1-3-7-14;22-19-9-5-4-8-17(19)18-13-15-12-16(23)10-11-20(15)24-21(18)14-6-2-1-3-7-14;1-2;;/h1-13H;1-13H,23H2;2H,1H3;1H3;/q;;;-1;. The maximum atomic E-state index is 14.4. The summed E-state index contributed by atoms with van der Waals surface area (Å²) in [5.74, 6) is -0.629. The molecule has 0 saturated carbocycles. The summed E-state index contributed by atoms with van der Waals surface area (Å²) < 4.78 is 28.8. The Hall–Kier alpha value is -6.18. The minimum atomic E-state index is -0.451. The first-order chi connectivity index (χ1) is 25.4. The van der Waals surface area contributed by atoms with Crippen LogP contribution in [0.2, 0.25) is 0 Å². The molecule has 2 heterocycles. The summed E-state index contributed by atoms with van der Waals surface area (Å²) in [5.41, 5.74) is 13.5. The van der Waals surface area contributed by atoms with Crippen molar-refractivity contribution in [3.63, 3.8) is 0 Å². The van der Waals surface area contributed by atoms with Crippen molar-refractivity contribution in [2.45, 2.75) is 0 Å². The molecule has 0 amide bonds. The predicted octanol–water partition coefficient (Wildman–Crippen LogP) is 11.0. The first-order valence-electron chi connectivity index (χ1n) is 16.2. The molecule has 0 unspecified atom stereocenters. The van der Waals surface area contributed by atoms with Crippen LogP contribution in [0, 0.1) is 29.2 Å². The smallest absolute Gasteiger partial charge is 0.270 e. The van der Waals surface area contributed by atoms with Crippen molar-refractivity contribution in [2.24, 2.45) is 0 Å². The van der Waals surface area contributed by atoms with Crippen molar-refractivity contribution < 1.29 is 39.2 Å². The molecule has 6 aromatic carbocycles. The fraction of sp³-hybridized carbons (Fsp3) is 0.0227. The number of non-ortho nitro benzene ring substituents is 1. The van der Waals surface area contributed by atoms with E-state index in [0.29, 0.717) is 39.0 Å². The van der Waals surface area contributed by atoms with E-state index in [-0.39, 0.29) is 45.2 Å². The van der Waals surface area contributed by atoms with Crippen molar-refractivity contribution in [3.05, 3.63) is 187 Å². The second-order valence-electron chi connectivity index (χ2n) is 11.5. The number of nitrogens with two attached hydrogens (primary N) is 1. The second-order valence-corrected chi connectivity index (χ2v) is 11.5. The van der Waals surface area contributed by atoms with Crippen LogP contribution in [-0.2, 0) is 20.4 Å². The molecule has 0 spiro atoms. The van der Waals surface area contributed by atoms with E-state index in [9.17, 15) is 18.9 Å². The summed E-state index contributed by atoms with van der Waals surface area (Å²) in [6.45, 7) is 0. The molecule has 3 N–H and O–H groups in total. The largest absolute Gasteiger partial charge is 0.400 e. The Balaban J connectivity index is 0.000000223. The number of nitrogen functional groups attached to an aromatic ring is 1. The number of fused-ring (bicyclic) bond motifs is 2. The van der Waals surface area contributed by atoms with Crippen molar-refractivity contribution in [1.29, 1.82) is 0 Å². The predicted molar refractivity (Wildman–Crippen MR) is 211 cm³/mol. The van der Waals surface area contributed by atoms with Crippen LogP contribution in [0.3, 0.4) is 0 Å². The number of pyridine rings is 2. The van der Waals surface area contributed by atoms with Crippen molar-refractivity contribution in [1.82, 2.24) is 9.97 Å². The minimum absolute atomic E-state index is 0. The van der Waals surface area contributed by atoms with Gasteiger partial charge in [0.05, 0.1) is 27.3 Å². The first kappa shape index (κ1) is 40.6. The number of nitrogens with zero attached hydrogens (tertiary/aromatic N) is 3. The summed E-state index contributed by atoms with van der Waals surface area (Å²) >= 11 is 0. The summed E-state index contributed by atoms with van der Waals surface area (Å²) in [5, 5.41) is 19.6. The van der Waals surface area contributed by atoms with Gasteiger partial charge in [-0.3, -0.25) is 10.1 Å². The van der Waals surface area contributed by atoms with Gasteiger partial charge in [-0.25, -0.2) is 18.7 Å². The van der Waals surface area contributed by atoms with Crippen LogP contribution in [0.1, 0.15) is 0 Å². The van der Waals surface area contributed by atoms with E-state index in [1.807, 2.05) is 91.0 Å². The summed E-state index contributed by atoms with van der Waals surface area (Å²) in [6.07, 6.45) is 0. The van der Waals surface area contributed by atoms with Gasteiger partial charge in [-0.05, 0) is 48.5 Å². The maximum Gasteiger partial charge on any atom is 0.270 e. The molecule has 7 nitrogen and oxygen atoms in total. The molecule has 0 aliphatic rings. The Kier molecular flexibility index (Phi) is 13.9. The molecule has 0 aliphatic heterocycles. The fourth-order valence-electron chi connectivity index (χ4n) is 5.87. The summed E-state index contributed by atoms with van der Waals surface area (Å²) in [7, 11) is 1.00. The molecule has 0 aliphatic carbocycles. The normalized spacial score (nSPS) is 10.1. The number of hydrogen-bond donors (Lipinski definition) is 2. The fourth-order valence-corrected chi connectivity index (χ4v) is 5.87. The zero-order valence-corrected chi connectivity index (χ0v) is 30.8. The quantitative estimate of drug-likeness (QED) is 0.0588. The maximum absolute atomic E-state index is 14.4. The van der Waals surface area contributed by atoms with Crippen molar-refractivity contribution in [3.8, 4) is 44.8 Å². The van der Waals surface area contributed by atoms with Crippen molar-refractivity contribution in [2.75, 3.05) is 12.8 Å². The van der Waals surface area contributed by atoms with Crippen LogP contribution in [0.15, 0.2) is 158 Å². The average molecular weight is 812 g/mol. The number of aliphatic hydroxyl groups is 1. The van der Waals surface area contributed by atoms with Gasteiger partial charge >= 0.3 is 0 Å². The van der Waals surface area contributed by atoms with Gasteiger partial charge in [-0.1, -0.05) is 97.1 Å². The number of nitro groups is 1. The monoisotopic (exact) mass is 811 g/mol. The van der Waals surface area contributed by atoms with E-state index in [1.54, 1.807) is 42.5 Å². The number of anilines is 1. The van der Waals surface area contributed by atoms with E-state index < -0.39 is 4.92 Å². The number of aliphatic hydroxyl groups excluding tert-OH is 1. The molecule has 8 aromatic rings. The van der Waals surface area contributed by atoms with Gasteiger partial charge < -0.3 is 18.3 Å². The zero-order chi connectivity index (χ0) is 36.6. The molecule has 0 bridgehead atoms. The van der Waals surface area contributed by atoms with E-state index >= 15 is 0 Å². The van der Waals surface area contributed by atoms with E-state index in [1.165, 1.54) is 24.3 Å². The average Bonchev–Trinajstić information content (AvgIpc) is 3.19. The Labute approximate surface area is 325 Å². The molecule has 8 rings (SSSR count).